The number of aryl methyl sites for hydroxylation is 1. The number of amides is 1. The molecule has 0 saturated heterocycles. The van der Waals surface area contributed by atoms with Crippen molar-refractivity contribution in [3.8, 4) is 0 Å². The largest absolute Gasteiger partial charge is 0.307 e. The number of nitrogens with zero attached hydrogens (tertiary/aromatic N) is 1. The Labute approximate surface area is 94.1 Å². The van der Waals surface area contributed by atoms with Crippen LogP contribution >= 0.6 is 0 Å². The molecule has 1 aromatic heterocycles. The molecule has 0 fully saturated rings. The van der Waals surface area contributed by atoms with Gasteiger partial charge in [0.15, 0.2) is 0 Å². The van der Waals surface area contributed by atoms with Crippen LogP contribution in [0, 0.1) is 6.92 Å². The molecule has 1 amide bonds. The third kappa shape index (κ3) is 2.45. The summed E-state index contributed by atoms with van der Waals surface area (Å²) >= 11 is 0. The van der Waals surface area contributed by atoms with Crippen LogP contribution in [0.1, 0.15) is 15.9 Å². The van der Waals surface area contributed by atoms with E-state index in [-0.39, 0.29) is 5.91 Å². The molecule has 0 aliphatic carbocycles. The zero-order valence-electron chi connectivity index (χ0n) is 8.97. The van der Waals surface area contributed by atoms with E-state index < -0.39 is 0 Å². The van der Waals surface area contributed by atoms with E-state index in [1.165, 1.54) is 0 Å². The Hall–Kier alpha value is -2.16. The van der Waals surface area contributed by atoms with Gasteiger partial charge in [0.25, 0.3) is 5.91 Å². The molecular weight excluding hydrogens is 200 g/mol. The van der Waals surface area contributed by atoms with Gasteiger partial charge in [-0.2, -0.15) is 0 Å². The van der Waals surface area contributed by atoms with E-state index in [4.69, 9.17) is 0 Å². The molecule has 0 saturated carbocycles. The first-order valence-corrected chi connectivity index (χ1v) is 5.05. The lowest BCUT2D eigenvalue weighted by atomic mass is 10.2. The highest BCUT2D eigenvalue weighted by Gasteiger charge is 2.04. The van der Waals surface area contributed by atoms with Crippen molar-refractivity contribution in [2.45, 2.75) is 6.92 Å². The summed E-state index contributed by atoms with van der Waals surface area (Å²) in [6, 6.07) is 12.8. The minimum Gasteiger partial charge on any atom is -0.307 e. The van der Waals surface area contributed by atoms with E-state index in [2.05, 4.69) is 10.3 Å². The molecule has 16 heavy (non-hydrogen) atoms. The third-order valence-electron chi connectivity index (χ3n) is 2.19. The van der Waals surface area contributed by atoms with Crippen molar-refractivity contribution in [2.75, 3.05) is 5.32 Å². The van der Waals surface area contributed by atoms with Crippen LogP contribution in [-0.2, 0) is 0 Å². The van der Waals surface area contributed by atoms with Gasteiger partial charge >= 0.3 is 0 Å². The summed E-state index contributed by atoms with van der Waals surface area (Å²) in [6.07, 6.45) is 1.72. The number of rotatable bonds is 2. The van der Waals surface area contributed by atoms with Crippen molar-refractivity contribution in [3.05, 3.63) is 59.8 Å². The zero-order chi connectivity index (χ0) is 11.4. The van der Waals surface area contributed by atoms with E-state index in [1.54, 1.807) is 24.4 Å². The quantitative estimate of drug-likeness (QED) is 0.831. The smallest absolute Gasteiger partial charge is 0.256 e. The summed E-state index contributed by atoms with van der Waals surface area (Å²) < 4.78 is 0. The van der Waals surface area contributed by atoms with E-state index in [1.807, 2.05) is 31.2 Å². The second-order valence-corrected chi connectivity index (χ2v) is 3.54. The molecule has 3 nitrogen and oxygen atoms in total. The third-order valence-corrected chi connectivity index (χ3v) is 2.19. The molecule has 1 heterocycles. The van der Waals surface area contributed by atoms with E-state index in [0.29, 0.717) is 11.4 Å². The van der Waals surface area contributed by atoms with Gasteiger partial charge in [-0.25, -0.2) is 4.98 Å². The van der Waals surface area contributed by atoms with Gasteiger partial charge in [0.05, 0.1) is 0 Å². The van der Waals surface area contributed by atoms with Crippen LogP contribution in [0.3, 0.4) is 0 Å². The van der Waals surface area contributed by atoms with Crippen LogP contribution in [0.25, 0.3) is 0 Å². The number of nitrogens with one attached hydrogen (secondary N) is 1. The molecule has 80 valence electrons. The van der Waals surface area contributed by atoms with Crippen LogP contribution < -0.4 is 5.32 Å². The fourth-order valence-electron chi connectivity index (χ4n) is 1.32. The standard InChI is InChI=1S/C13H12N2O/c1-10-7-8-12(14-9-10)15-13(16)11-5-3-2-4-6-11/h2-9H,1H3,(H,14,15,16). The lowest BCUT2D eigenvalue weighted by molar-refractivity contribution is 0.102. The van der Waals surface area contributed by atoms with E-state index >= 15 is 0 Å². The summed E-state index contributed by atoms with van der Waals surface area (Å²) in [5, 5.41) is 2.74. The Morgan fingerprint density at radius 2 is 1.88 bits per heavy atom. The predicted molar refractivity (Wildman–Crippen MR) is 63.4 cm³/mol. The maximum absolute atomic E-state index is 11.7. The van der Waals surface area contributed by atoms with Gasteiger partial charge in [-0.15, -0.1) is 0 Å². The van der Waals surface area contributed by atoms with Crippen molar-refractivity contribution in [1.82, 2.24) is 4.98 Å². The average molecular weight is 212 g/mol. The van der Waals surface area contributed by atoms with Crippen LogP contribution in [0.15, 0.2) is 48.7 Å². The summed E-state index contributed by atoms with van der Waals surface area (Å²) in [4.78, 5) is 15.9. The summed E-state index contributed by atoms with van der Waals surface area (Å²) in [5.74, 6) is 0.427. The van der Waals surface area contributed by atoms with Crippen LogP contribution in [0.4, 0.5) is 5.82 Å². The second kappa shape index (κ2) is 4.57. The van der Waals surface area contributed by atoms with Gasteiger partial charge in [-0.1, -0.05) is 24.3 Å². The molecular formula is C13H12N2O. The molecule has 1 N–H and O–H groups in total. The first kappa shape index (κ1) is 10.4. The number of benzene rings is 1. The highest BCUT2D eigenvalue weighted by atomic mass is 16.1. The molecule has 3 heteroatoms. The van der Waals surface area contributed by atoms with Gasteiger partial charge in [-0.05, 0) is 30.7 Å². The molecule has 0 radical (unpaired) electrons. The van der Waals surface area contributed by atoms with Gasteiger partial charge in [0.2, 0.25) is 0 Å². The fraction of sp³-hybridized carbons (Fsp3) is 0.0769. The minimum absolute atomic E-state index is 0.142. The number of carbonyl (C=O) groups is 1. The SMILES string of the molecule is Cc1ccc(NC(=O)c2ccccc2)nc1. The topological polar surface area (TPSA) is 42.0 Å². The number of hydrogen-bond donors (Lipinski definition) is 1. The number of anilines is 1. The summed E-state index contributed by atoms with van der Waals surface area (Å²) in [5.41, 5.74) is 1.70. The van der Waals surface area contributed by atoms with E-state index in [0.717, 1.165) is 5.56 Å². The molecule has 0 aliphatic heterocycles. The Balaban J connectivity index is 2.11. The van der Waals surface area contributed by atoms with Gasteiger partial charge in [-0.3, -0.25) is 4.79 Å². The fourth-order valence-corrected chi connectivity index (χ4v) is 1.32. The number of pyridine rings is 1. The highest BCUT2D eigenvalue weighted by Crippen LogP contribution is 2.06. The first-order valence-electron chi connectivity index (χ1n) is 5.05. The Morgan fingerprint density at radius 3 is 2.50 bits per heavy atom. The van der Waals surface area contributed by atoms with Crippen molar-refractivity contribution < 1.29 is 4.79 Å². The monoisotopic (exact) mass is 212 g/mol. The van der Waals surface area contributed by atoms with Gasteiger partial charge in [0, 0.05) is 11.8 Å². The van der Waals surface area contributed by atoms with Crippen molar-refractivity contribution in [3.63, 3.8) is 0 Å². The van der Waals surface area contributed by atoms with Crippen LogP contribution in [0.5, 0.6) is 0 Å². The van der Waals surface area contributed by atoms with E-state index in [9.17, 15) is 4.79 Å². The lowest BCUT2D eigenvalue weighted by Gasteiger charge is -2.04. The molecule has 0 aliphatic rings. The predicted octanol–water partition coefficient (Wildman–Crippen LogP) is 2.64. The van der Waals surface area contributed by atoms with Crippen molar-refractivity contribution >= 4 is 11.7 Å². The molecule has 0 atom stereocenters. The maximum Gasteiger partial charge on any atom is 0.256 e. The lowest BCUT2D eigenvalue weighted by Crippen LogP contribution is -2.12. The Morgan fingerprint density at radius 1 is 1.12 bits per heavy atom. The van der Waals surface area contributed by atoms with Crippen LogP contribution in [-0.4, -0.2) is 10.9 Å². The molecule has 1 aromatic carbocycles. The average Bonchev–Trinajstić information content (AvgIpc) is 2.33. The highest BCUT2D eigenvalue weighted by molar-refractivity contribution is 6.03. The molecule has 0 unspecified atom stereocenters. The minimum atomic E-state index is -0.142. The Kier molecular flexibility index (Phi) is 2.96. The molecule has 0 bridgehead atoms. The van der Waals surface area contributed by atoms with Crippen molar-refractivity contribution in [1.29, 1.82) is 0 Å². The Bertz CT molecular complexity index is 477. The summed E-state index contributed by atoms with van der Waals surface area (Å²) in [6.45, 7) is 1.95. The van der Waals surface area contributed by atoms with Gasteiger partial charge < -0.3 is 5.32 Å². The number of hydrogen-bond acceptors (Lipinski definition) is 2. The van der Waals surface area contributed by atoms with Crippen LogP contribution in [0.2, 0.25) is 0 Å². The maximum atomic E-state index is 11.7. The first-order chi connectivity index (χ1) is 7.75. The second-order valence-electron chi connectivity index (χ2n) is 3.54. The van der Waals surface area contributed by atoms with Crippen molar-refractivity contribution in [2.24, 2.45) is 0 Å². The normalized spacial score (nSPS) is 9.81. The number of aromatic nitrogens is 1. The molecule has 2 rings (SSSR count). The zero-order valence-corrected chi connectivity index (χ0v) is 8.97. The molecule has 0 spiro atoms. The molecule has 2 aromatic rings. The summed E-state index contributed by atoms with van der Waals surface area (Å²) in [7, 11) is 0. The number of carbonyl (C=O) groups excluding carboxylic acids is 1. The van der Waals surface area contributed by atoms with Gasteiger partial charge in [0.1, 0.15) is 5.82 Å².